The van der Waals surface area contributed by atoms with E-state index >= 15 is 0 Å². The SMILES string of the molecule is Cc1cccc(C(CC(=O)OC(C)(C)C)NCC(=O)Oc2ccccc2)n1. The average Bonchev–Trinajstić information content (AvgIpc) is 2.58. The molecule has 6 heteroatoms. The van der Waals surface area contributed by atoms with E-state index in [-0.39, 0.29) is 18.9 Å². The van der Waals surface area contributed by atoms with Gasteiger partial charge in [-0.05, 0) is 52.0 Å². The first-order chi connectivity index (χ1) is 12.7. The van der Waals surface area contributed by atoms with Crippen molar-refractivity contribution in [1.82, 2.24) is 10.3 Å². The lowest BCUT2D eigenvalue weighted by Crippen LogP contribution is -2.33. The lowest BCUT2D eigenvalue weighted by atomic mass is 10.1. The summed E-state index contributed by atoms with van der Waals surface area (Å²) >= 11 is 0. The zero-order valence-corrected chi connectivity index (χ0v) is 16.2. The van der Waals surface area contributed by atoms with Crippen LogP contribution in [0.1, 0.15) is 44.6 Å². The molecule has 0 aliphatic rings. The molecule has 6 nitrogen and oxygen atoms in total. The van der Waals surface area contributed by atoms with Crippen molar-refractivity contribution < 1.29 is 19.1 Å². The van der Waals surface area contributed by atoms with Gasteiger partial charge < -0.3 is 9.47 Å². The number of carbonyl (C=O) groups excluding carboxylic acids is 2. The number of ether oxygens (including phenoxy) is 2. The third kappa shape index (κ3) is 7.58. The number of rotatable bonds is 7. The second-order valence-corrected chi connectivity index (χ2v) is 7.22. The number of benzene rings is 1. The van der Waals surface area contributed by atoms with Gasteiger partial charge in [0.1, 0.15) is 11.4 Å². The van der Waals surface area contributed by atoms with Crippen molar-refractivity contribution in [2.75, 3.05) is 6.54 Å². The molecule has 0 aliphatic carbocycles. The lowest BCUT2D eigenvalue weighted by Gasteiger charge is -2.23. The molecule has 0 spiro atoms. The van der Waals surface area contributed by atoms with E-state index in [4.69, 9.17) is 9.47 Å². The van der Waals surface area contributed by atoms with Crippen molar-refractivity contribution >= 4 is 11.9 Å². The number of hydrogen-bond acceptors (Lipinski definition) is 6. The van der Waals surface area contributed by atoms with Gasteiger partial charge in [-0.3, -0.25) is 19.9 Å². The highest BCUT2D eigenvalue weighted by Crippen LogP contribution is 2.18. The molecule has 0 fully saturated rings. The molecule has 1 unspecified atom stereocenters. The predicted molar refractivity (Wildman–Crippen MR) is 102 cm³/mol. The van der Waals surface area contributed by atoms with Crippen LogP contribution in [0.2, 0.25) is 0 Å². The molecule has 1 N–H and O–H groups in total. The fourth-order valence-electron chi connectivity index (χ4n) is 2.45. The third-order valence-electron chi connectivity index (χ3n) is 3.53. The zero-order chi connectivity index (χ0) is 19.9. The van der Waals surface area contributed by atoms with Crippen LogP contribution in [-0.4, -0.2) is 29.1 Å². The van der Waals surface area contributed by atoms with Crippen LogP contribution < -0.4 is 10.1 Å². The van der Waals surface area contributed by atoms with Crippen LogP contribution >= 0.6 is 0 Å². The van der Waals surface area contributed by atoms with Crippen molar-refractivity contribution in [2.45, 2.75) is 45.8 Å². The number of nitrogens with zero attached hydrogens (tertiary/aromatic N) is 1. The quantitative estimate of drug-likeness (QED) is 0.595. The van der Waals surface area contributed by atoms with Gasteiger partial charge in [0.2, 0.25) is 0 Å². The standard InChI is InChI=1S/C21H26N2O4/c1-15-9-8-12-17(23-15)18(13-19(24)27-21(2,3)4)22-14-20(25)26-16-10-6-5-7-11-16/h5-12,18,22H,13-14H2,1-4H3. The fourth-order valence-corrected chi connectivity index (χ4v) is 2.45. The Hall–Kier alpha value is -2.73. The maximum Gasteiger partial charge on any atom is 0.325 e. The van der Waals surface area contributed by atoms with Crippen molar-refractivity contribution in [3.8, 4) is 5.75 Å². The molecular formula is C21H26N2O4. The molecule has 0 bridgehead atoms. The van der Waals surface area contributed by atoms with Gasteiger partial charge in [-0.1, -0.05) is 24.3 Å². The molecule has 0 amide bonds. The second kappa shape index (κ2) is 9.28. The van der Waals surface area contributed by atoms with E-state index in [9.17, 15) is 9.59 Å². The normalized spacial score (nSPS) is 12.3. The largest absolute Gasteiger partial charge is 0.460 e. The summed E-state index contributed by atoms with van der Waals surface area (Å²) in [5.41, 5.74) is 0.928. The number of nitrogens with one attached hydrogen (secondary N) is 1. The van der Waals surface area contributed by atoms with Gasteiger partial charge in [-0.2, -0.15) is 0 Å². The van der Waals surface area contributed by atoms with E-state index in [1.165, 1.54) is 0 Å². The average molecular weight is 370 g/mol. The van der Waals surface area contributed by atoms with E-state index < -0.39 is 17.6 Å². The van der Waals surface area contributed by atoms with E-state index in [2.05, 4.69) is 10.3 Å². The molecule has 1 atom stereocenters. The first-order valence-electron chi connectivity index (χ1n) is 8.87. The van der Waals surface area contributed by atoms with Gasteiger partial charge in [-0.25, -0.2) is 0 Å². The van der Waals surface area contributed by atoms with Crippen LogP contribution in [0, 0.1) is 6.92 Å². The van der Waals surface area contributed by atoms with Gasteiger partial charge in [0.25, 0.3) is 0 Å². The van der Waals surface area contributed by atoms with E-state index in [1.54, 1.807) is 24.3 Å². The van der Waals surface area contributed by atoms with Crippen molar-refractivity contribution in [1.29, 1.82) is 0 Å². The topological polar surface area (TPSA) is 77.5 Å². The number of aromatic nitrogens is 1. The Morgan fingerprint density at radius 3 is 2.37 bits per heavy atom. The van der Waals surface area contributed by atoms with E-state index in [0.717, 1.165) is 5.69 Å². The maximum absolute atomic E-state index is 12.3. The Morgan fingerprint density at radius 2 is 1.74 bits per heavy atom. The smallest absolute Gasteiger partial charge is 0.325 e. The molecule has 2 aromatic rings. The summed E-state index contributed by atoms with van der Waals surface area (Å²) in [6.07, 6.45) is 0.0618. The summed E-state index contributed by atoms with van der Waals surface area (Å²) < 4.78 is 10.7. The molecule has 2 rings (SSSR count). The molecule has 0 saturated heterocycles. The van der Waals surface area contributed by atoms with Crippen LogP contribution in [0.25, 0.3) is 0 Å². The third-order valence-corrected chi connectivity index (χ3v) is 3.53. The fraction of sp³-hybridized carbons (Fsp3) is 0.381. The minimum atomic E-state index is -0.575. The molecule has 1 aromatic heterocycles. The summed E-state index contributed by atoms with van der Waals surface area (Å²) in [6, 6.07) is 13.9. The summed E-state index contributed by atoms with van der Waals surface area (Å²) in [6.45, 7) is 7.26. The highest BCUT2D eigenvalue weighted by atomic mass is 16.6. The molecule has 1 heterocycles. The first kappa shape index (κ1) is 20.6. The number of esters is 2. The monoisotopic (exact) mass is 370 g/mol. The number of para-hydroxylation sites is 1. The van der Waals surface area contributed by atoms with Crippen LogP contribution in [-0.2, 0) is 14.3 Å². The Bertz CT molecular complexity index is 769. The van der Waals surface area contributed by atoms with Crippen LogP contribution in [0.15, 0.2) is 48.5 Å². The van der Waals surface area contributed by atoms with Gasteiger partial charge in [0.05, 0.1) is 24.7 Å². The van der Waals surface area contributed by atoms with Gasteiger partial charge in [0.15, 0.2) is 0 Å². The summed E-state index contributed by atoms with van der Waals surface area (Å²) in [5, 5.41) is 3.06. The highest BCUT2D eigenvalue weighted by molar-refractivity contribution is 5.75. The van der Waals surface area contributed by atoms with Gasteiger partial charge in [-0.15, -0.1) is 0 Å². The second-order valence-electron chi connectivity index (χ2n) is 7.22. The molecule has 0 radical (unpaired) electrons. The van der Waals surface area contributed by atoms with E-state index in [1.807, 2.05) is 52.0 Å². The van der Waals surface area contributed by atoms with Crippen molar-refractivity contribution in [3.63, 3.8) is 0 Å². The molecule has 1 aromatic carbocycles. The Balaban J connectivity index is 2.03. The van der Waals surface area contributed by atoms with Crippen LogP contribution in [0.3, 0.4) is 0 Å². The predicted octanol–water partition coefficient (Wildman–Crippen LogP) is 3.36. The molecule has 27 heavy (non-hydrogen) atoms. The summed E-state index contributed by atoms with van der Waals surface area (Å²) in [5.74, 6) is -0.329. The van der Waals surface area contributed by atoms with Crippen molar-refractivity contribution in [3.05, 3.63) is 59.9 Å². The molecule has 144 valence electrons. The number of hydrogen-bond donors (Lipinski definition) is 1. The van der Waals surface area contributed by atoms with Crippen LogP contribution in [0.4, 0.5) is 0 Å². The Labute approximate surface area is 159 Å². The van der Waals surface area contributed by atoms with Gasteiger partial charge in [0, 0.05) is 5.69 Å². The van der Waals surface area contributed by atoms with Crippen LogP contribution in [0.5, 0.6) is 5.75 Å². The highest BCUT2D eigenvalue weighted by Gasteiger charge is 2.23. The first-order valence-corrected chi connectivity index (χ1v) is 8.87. The number of pyridine rings is 1. The van der Waals surface area contributed by atoms with E-state index in [0.29, 0.717) is 11.4 Å². The Kier molecular flexibility index (Phi) is 7.07. The maximum atomic E-state index is 12.3. The minimum Gasteiger partial charge on any atom is -0.460 e. The molecule has 0 aliphatic heterocycles. The van der Waals surface area contributed by atoms with Crippen molar-refractivity contribution in [2.24, 2.45) is 0 Å². The molecule has 0 saturated carbocycles. The molecular weight excluding hydrogens is 344 g/mol. The lowest BCUT2D eigenvalue weighted by molar-refractivity contribution is -0.155. The summed E-state index contributed by atoms with van der Waals surface area (Å²) in [4.78, 5) is 28.8. The van der Waals surface area contributed by atoms with Gasteiger partial charge >= 0.3 is 11.9 Å². The summed E-state index contributed by atoms with van der Waals surface area (Å²) in [7, 11) is 0. The number of carbonyl (C=O) groups is 2. The number of aryl methyl sites for hydroxylation is 1. The zero-order valence-electron chi connectivity index (χ0n) is 16.2. The minimum absolute atomic E-state index is 0.0576. The Morgan fingerprint density at radius 1 is 1.04 bits per heavy atom.